The first-order valence-electron chi connectivity index (χ1n) is 10.2. The average molecular weight is 556 g/mol. The van der Waals surface area contributed by atoms with Gasteiger partial charge in [-0.2, -0.15) is 11.8 Å². The highest BCUT2D eigenvalue weighted by Gasteiger charge is 2.19. The maximum absolute atomic E-state index is 13.5. The smallest absolute Gasteiger partial charge is 0.222 e. The van der Waals surface area contributed by atoms with E-state index in [2.05, 4.69) is 33.8 Å². The Balaban J connectivity index is 0.00000341. The van der Waals surface area contributed by atoms with Crippen LogP contribution in [0.1, 0.15) is 35.1 Å². The molecule has 1 fully saturated rings. The van der Waals surface area contributed by atoms with Crippen LogP contribution in [0, 0.1) is 5.82 Å². The number of benzene rings is 2. The van der Waals surface area contributed by atoms with Gasteiger partial charge in [0.2, 0.25) is 5.91 Å². The van der Waals surface area contributed by atoms with Gasteiger partial charge in [0.1, 0.15) is 5.82 Å². The van der Waals surface area contributed by atoms with E-state index in [9.17, 15) is 9.18 Å². The van der Waals surface area contributed by atoms with Crippen molar-refractivity contribution < 1.29 is 9.18 Å². The van der Waals surface area contributed by atoms with Crippen LogP contribution < -0.4 is 10.6 Å². The van der Waals surface area contributed by atoms with Gasteiger partial charge in [0.15, 0.2) is 5.96 Å². The fraction of sp³-hybridized carbons (Fsp3) is 0.391. The number of hydrogen-bond donors (Lipinski definition) is 2. The van der Waals surface area contributed by atoms with Crippen molar-refractivity contribution in [1.82, 2.24) is 15.5 Å². The summed E-state index contributed by atoms with van der Waals surface area (Å²) in [5, 5.41) is 6.64. The van der Waals surface area contributed by atoms with Gasteiger partial charge in [-0.3, -0.25) is 9.79 Å². The Kier molecular flexibility index (Phi) is 10.6. The molecule has 8 heteroatoms. The zero-order valence-corrected chi connectivity index (χ0v) is 21.1. The molecule has 2 N–H and O–H groups in total. The Morgan fingerprint density at radius 2 is 1.90 bits per heavy atom. The van der Waals surface area contributed by atoms with Gasteiger partial charge in [0.25, 0.3) is 0 Å². The first-order valence-corrected chi connectivity index (χ1v) is 11.5. The molecule has 0 unspecified atom stereocenters. The van der Waals surface area contributed by atoms with Crippen molar-refractivity contribution in [3.05, 3.63) is 70.5 Å². The molecule has 1 saturated heterocycles. The molecule has 0 radical (unpaired) electrons. The van der Waals surface area contributed by atoms with Gasteiger partial charge in [-0.1, -0.05) is 30.3 Å². The third-order valence-corrected chi connectivity index (χ3v) is 5.73. The number of aliphatic imine (C=N–C) groups is 1. The monoisotopic (exact) mass is 556 g/mol. The molecule has 1 aliphatic rings. The van der Waals surface area contributed by atoms with Gasteiger partial charge in [0.05, 0.1) is 0 Å². The van der Waals surface area contributed by atoms with Crippen LogP contribution in [-0.2, 0) is 30.2 Å². The maximum atomic E-state index is 13.5. The Labute approximate surface area is 205 Å². The van der Waals surface area contributed by atoms with Crippen molar-refractivity contribution >= 4 is 47.6 Å². The number of carbonyl (C=O) groups is 1. The Morgan fingerprint density at radius 1 is 1.13 bits per heavy atom. The number of carbonyl (C=O) groups excluding carboxylic acids is 1. The van der Waals surface area contributed by atoms with Crippen molar-refractivity contribution in [2.75, 3.05) is 19.8 Å². The maximum Gasteiger partial charge on any atom is 0.222 e. The van der Waals surface area contributed by atoms with E-state index in [4.69, 9.17) is 0 Å². The van der Waals surface area contributed by atoms with Gasteiger partial charge in [0, 0.05) is 45.4 Å². The molecule has 0 spiro atoms. The van der Waals surface area contributed by atoms with E-state index in [-0.39, 0.29) is 35.7 Å². The van der Waals surface area contributed by atoms with E-state index in [1.54, 1.807) is 24.9 Å². The molecule has 168 valence electrons. The van der Waals surface area contributed by atoms with E-state index in [1.807, 2.05) is 23.3 Å². The second-order valence-electron chi connectivity index (χ2n) is 7.36. The standard InChI is InChI=1S/C23H29FN4OS.HI/c1-25-23(27-14-19-8-9-21(24)12-20(19)16-30-2)26-13-17-5-3-6-18(11-17)15-28-10-4-7-22(28)29;/h3,5-6,8-9,11-12H,4,7,10,13-16H2,1-2H3,(H2,25,26,27);1H. The zero-order chi connectivity index (χ0) is 21.3. The molecule has 0 bridgehead atoms. The van der Waals surface area contributed by atoms with Crippen molar-refractivity contribution in [2.45, 2.75) is 38.2 Å². The van der Waals surface area contributed by atoms with Crippen LogP contribution in [0.4, 0.5) is 4.39 Å². The predicted molar refractivity (Wildman–Crippen MR) is 137 cm³/mol. The lowest BCUT2D eigenvalue weighted by atomic mass is 10.1. The van der Waals surface area contributed by atoms with Crippen LogP contribution in [0.25, 0.3) is 0 Å². The number of hydrogen-bond acceptors (Lipinski definition) is 3. The van der Waals surface area contributed by atoms with Crippen molar-refractivity contribution in [3.8, 4) is 0 Å². The third-order valence-electron chi connectivity index (χ3n) is 5.13. The van der Waals surface area contributed by atoms with Gasteiger partial charge < -0.3 is 15.5 Å². The van der Waals surface area contributed by atoms with E-state index >= 15 is 0 Å². The third kappa shape index (κ3) is 7.68. The predicted octanol–water partition coefficient (Wildman–Crippen LogP) is 4.29. The summed E-state index contributed by atoms with van der Waals surface area (Å²) >= 11 is 1.67. The Hall–Kier alpha value is -1.81. The molecular weight excluding hydrogens is 526 g/mol. The minimum absolute atomic E-state index is 0. The lowest BCUT2D eigenvalue weighted by Gasteiger charge is -2.17. The van der Waals surface area contributed by atoms with Crippen molar-refractivity contribution in [3.63, 3.8) is 0 Å². The summed E-state index contributed by atoms with van der Waals surface area (Å²) in [6.07, 6.45) is 3.63. The Morgan fingerprint density at radius 3 is 2.61 bits per heavy atom. The fourth-order valence-electron chi connectivity index (χ4n) is 3.57. The molecule has 1 amide bonds. The highest BCUT2D eigenvalue weighted by Crippen LogP contribution is 2.17. The first kappa shape index (κ1) is 25.5. The molecule has 2 aromatic carbocycles. The Bertz CT molecular complexity index is 909. The summed E-state index contributed by atoms with van der Waals surface area (Å²) in [6.45, 7) is 2.72. The molecular formula is C23H30FIN4OS. The molecule has 3 rings (SSSR count). The van der Waals surface area contributed by atoms with E-state index in [0.717, 1.165) is 41.0 Å². The lowest BCUT2D eigenvalue weighted by molar-refractivity contribution is -0.128. The van der Waals surface area contributed by atoms with Crippen LogP contribution in [-0.4, -0.2) is 36.6 Å². The van der Waals surface area contributed by atoms with Gasteiger partial charge >= 0.3 is 0 Å². The molecule has 0 saturated carbocycles. The number of amides is 1. The molecule has 5 nitrogen and oxygen atoms in total. The summed E-state index contributed by atoms with van der Waals surface area (Å²) in [6, 6.07) is 13.2. The minimum atomic E-state index is -0.208. The van der Waals surface area contributed by atoms with Crippen LogP contribution >= 0.6 is 35.7 Å². The number of rotatable bonds is 8. The number of likely N-dealkylation sites (tertiary alicyclic amines) is 1. The average Bonchev–Trinajstić information content (AvgIpc) is 3.14. The topological polar surface area (TPSA) is 56.7 Å². The quantitative estimate of drug-likeness (QED) is 0.290. The molecule has 1 aliphatic heterocycles. The summed E-state index contributed by atoms with van der Waals surface area (Å²) in [5.74, 6) is 1.49. The summed E-state index contributed by atoms with van der Waals surface area (Å²) in [5.41, 5.74) is 4.33. The highest BCUT2D eigenvalue weighted by atomic mass is 127. The van der Waals surface area contributed by atoms with Crippen molar-refractivity contribution in [2.24, 2.45) is 4.99 Å². The van der Waals surface area contributed by atoms with Crippen LogP contribution in [0.15, 0.2) is 47.5 Å². The van der Waals surface area contributed by atoms with E-state index < -0.39 is 0 Å². The number of nitrogens with one attached hydrogen (secondary N) is 2. The summed E-state index contributed by atoms with van der Waals surface area (Å²) in [7, 11) is 1.73. The highest BCUT2D eigenvalue weighted by molar-refractivity contribution is 14.0. The summed E-state index contributed by atoms with van der Waals surface area (Å²) < 4.78 is 13.5. The molecule has 2 aromatic rings. The zero-order valence-electron chi connectivity index (χ0n) is 18.0. The lowest BCUT2D eigenvalue weighted by Crippen LogP contribution is -2.36. The number of halogens is 2. The second kappa shape index (κ2) is 12.9. The number of nitrogens with zero attached hydrogens (tertiary/aromatic N) is 2. The van der Waals surface area contributed by atoms with E-state index in [0.29, 0.717) is 32.0 Å². The molecule has 0 atom stereocenters. The second-order valence-corrected chi connectivity index (χ2v) is 8.23. The molecule has 1 heterocycles. The van der Waals surface area contributed by atoms with Crippen LogP contribution in [0.2, 0.25) is 0 Å². The van der Waals surface area contributed by atoms with Gasteiger partial charge in [-0.05, 0) is 47.1 Å². The number of guanidine groups is 1. The molecule has 0 aromatic heterocycles. The van der Waals surface area contributed by atoms with Crippen LogP contribution in [0.3, 0.4) is 0 Å². The summed E-state index contributed by atoms with van der Waals surface area (Å²) in [4.78, 5) is 18.1. The van der Waals surface area contributed by atoms with E-state index in [1.165, 1.54) is 6.07 Å². The van der Waals surface area contributed by atoms with Crippen LogP contribution in [0.5, 0.6) is 0 Å². The van der Waals surface area contributed by atoms with Gasteiger partial charge in [-0.15, -0.1) is 24.0 Å². The van der Waals surface area contributed by atoms with Gasteiger partial charge in [-0.25, -0.2) is 4.39 Å². The minimum Gasteiger partial charge on any atom is -0.352 e. The molecule has 0 aliphatic carbocycles. The fourth-order valence-corrected chi connectivity index (χ4v) is 4.15. The molecule has 31 heavy (non-hydrogen) atoms. The number of thioether (sulfide) groups is 1. The first-order chi connectivity index (χ1) is 14.6. The SMILES string of the molecule is CN=C(NCc1cccc(CN2CCCC2=O)c1)NCc1ccc(F)cc1CSC.I. The normalized spacial score (nSPS) is 13.8. The van der Waals surface area contributed by atoms with Crippen molar-refractivity contribution in [1.29, 1.82) is 0 Å². The largest absolute Gasteiger partial charge is 0.352 e.